The Labute approximate surface area is 187 Å². The van der Waals surface area contributed by atoms with Crippen molar-refractivity contribution >= 4 is 23.6 Å². The van der Waals surface area contributed by atoms with Crippen LogP contribution in [-0.4, -0.2) is 63.5 Å². The van der Waals surface area contributed by atoms with Crippen LogP contribution in [0.3, 0.4) is 0 Å². The summed E-state index contributed by atoms with van der Waals surface area (Å²) in [5.41, 5.74) is 0.899. The molecule has 0 bridgehead atoms. The quantitative estimate of drug-likeness (QED) is 0.472. The smallest absolute Gasteiger partial charge is 0.233 e. The van der Waals surface area contributed by atoms with Crippen LogP contribution in [0.1, 0.15) is 39.5 Å². The predicted octanol–water partition coefficient (Wildman–Crippen LogP) is 2.91. The molecule has 1 saturated heterocycles. The molecule has 8 nitrogen and oxygen atoms in total. The van der Waals surface area contributed by atoms with Crippen molar-refractivity contribution in [1.82, 2.24) is 25.0 Å². The fourth-order valence-electron chi connectivity index (χ4n) is 3.65. The SMILES string of the molecule is CCCCNC(=O)[C@@H]1CC[C@@H](C)N(C(=O)CSc2nncn2-c2ccc(OC)cc2)C1. The Bertz CT molecular complexity index is 870. The van der Waals surface area contributed by atoms with Crippen molar-refractivity contribution in [1.29, 1.82) is 0 Å². The number of piperidine rings is 1. The van der Waals surface area contributed by atoms with E-state index in [0.717, 1.165) is 37.1 Å². The molecule has 0 unspecified atom stereocenters. The minimum absolute atomic E-state index is 0.0211. The normalized spacial score (nSPS) is 18.6. The lowest BCUT2D eigenvalue weighted by atomic mass is 9.92. The van der Waals surface area contributed by atoms with E-state index in [2.05, 4.69) is 22.4 Å². The molecular weight excluding hydrogens is 414 g/mol. The topological polar surface area (TPSA) is 89.4 Å². The summed E-state index contributed by atoms with van der Waals surface area (Å²) in [5.74, 6) is 0.972. The van der Waals surface area contributed by atoms with E-state index in [1.807, 2.05) is 40.7 Å². The summed E-state index contributed by atoms with van der Waals surface area (Å²) < 4.78 is 7.05. The number of nitrogens with one attached hydrogen (secondary N) is 1. The van der Waals surface area contributed by atoms with Gasteiger partial charge in [-0.2, -0.15) is 0 Å². The maximum atomic E-state index is 13.0. The van der Waals surface area contributed by atoms with Gasteiger partial charge in [-0.15, -0.1) is 10.2 Å². The van der Waals surface area contributed by atoms with Crippen molar-refractivity contribution in [3.05, 3.63) is 30.6 Å². The molecule has 2 atom stereocenters. The number of methoxy groups -OCH3 is 1. The minimum atomic E-state index is -0.134. The van der Waals surface area contributed by atoms with Gasteiger partial charge in [0.15, 0.2) is 5.16 Å². The molecule has 1 aliphatic rings. The second-order valence-electron chi connectivity index (χ2n) is 7.78. The van der Waals surface area contributed by atoms with Crippen LogP contribution in [0, 0.1) is 5.92 Å². The van der Waals surface area contributed by atoms with Gasteiger partial charge in [0, 0.05) is 24.8 Å². The van der Waals surface area contributed by atoms with E-state index in [0.29, 0.717) is 18.2 Å². The van der Waals surface area contributed by atoms with Gasteiger partial charge in [-0.05, 0) is 50.5 Å². The summed E-state index contributed by atoms with van der Waals surface area (Å²) in [6.07, 6.45) is 5.31. The highest BCUT2D eigenvalue weighted by Crippen LogP contribution is 2.25. The highest BCUT2D eigenvalue weighted by Gasteiger charge is 2.32. The van der Waals surface area contributed by atoms with Gasteiger partial charge in [0.05, 0.1) is 18.8 Å². The summed E-state index contributed by atoms with van der Waals surface area (Å²) in [7, 11) is 1.63. The number of amides is 2. The van der Waals surface area contributed by atoms with Crippen molar-refractivity contribution in [2.75, 3.05) is 26.0 Å². The van der Waals surface area contributed by atoms with Gasteiger partial charge >= 0.3 is 0 Å². The molecule has 0 aliphatic carbocycles. The number of aromatic nitrogens is 3. The molecule has 0 radical (unpaired) electrons. The summed E-state index contributed by atoms with van der Waals surface area (Å²) in [6, 6.07) is 7.71. The molecule has 2 aromatic rings. The minimum Gasteiger partial charge on any atom is -0.497 e. The van der Waals surface area contributed by atoms with Gasteiger partial charge in [-0.3, -0.25) is 14.2 Å². The Morgan fingerprint density at radius 1 is 1.26 bits per heavy atom. The number of hydrogen-bond acceptors (Lipinski definition) is 6. The van der Waals surface area contributed by atoms with E-state index in [-0.39, 0.29) is 29.5 Å². The van der Waals surface area contributed by atoms with Crippen molar-refractivity contribution in [2.45, 2.75) is 50.7 Å². The number of carbonyl (C=O) groups is 2. The molecule has 1 fully saturated rings. The fourth-order valence-corrected chi connectivity index (χ4v) is 4.47. The molecule has 2 heterocycles. The van der Waals surface area contributed by atoms with Crippen LogP contribution in [0.2, 0.25) is 0 Å². The van der Waals surface area contributed by atoms with Crippen LogP contribution < -0.4 is 10.1 Å². The van der Waals surface area contributed by atoms with Crippen LogP contribution in [0.25, 0.3) is 5.69 Å². The highest BCUT2D eigenvalue weighted by molar-refractivity contribution is 7.99. The van der Waals surface area contributed by atoms with Gasteiger partial charge in [0.2, 0.25) is 11.8 Å². The lowest BCUT2D eigenvalue weighted by Gasteiger charge is -2.37. The van der Waals surface area contributed by atoms with Crippen LogP contribution in [0.15, 0.2) is 35.7 Å². The zero-order chi connectivity index (χ0) is 22.2. The lowest BCUT2D eigenvalue weighted by molar-refractivity contribution is -0.136. The third-order valence-electron chi connectivity index (χ3n) is 5.59. The number of rotatable bonds is 9. The number of unbranched alkanes of at least 4 members (excludes halogenated alkanes) is 1. The molecule has 0 saturated carbocycles. The first-order valence-corrected chi connectivity index (χ1v) is 11.8. The number of benzene rings is 1. The molecule has 3 rings (SSSR count). The Kier molecular flexibility index (Phi) is 8.34. The Morgan fingerprint density at radius 3 is 2.74 bits per heavy atom. The summed E-state index contributed by atoms with van der Waals surface area (Å²) >= 11 is 1.36. The Hall–Kier alpha value is -2.55. The van der Waals surface area contributed by atoms with Gasteiger partial charge in [-0.1, -0.05) is 25.1 Å². The largest absolute Gasteiger partial charge is 0.497 e. The van der Waals surface area contributed by atoms with E-state index in [9.17, 15) is 9.59 Å². The number of nitrogens with zero attached hydrogens (tertiary/aromatic N) is 4. The molecule has 9 heteroatoms. The molecule has 168 valence electrons. The molecule has 1 aromatic heterocycles. The first-order chi connectivity index (χ1) is 15.0. The lowest BCUT2D eigenvalue weighted by Crippen LogP contribution is -2.50. The van der Waals surface area contributed by atoms with E-state index < -0.39 is 0 Å². The Morgan fingerprint density at radius 2 is 2.03 bits per heavy atom. The van der Waals surface area contributed by atoms with E-state index >= 15 is 0 Å². The van der Waals surface area contributed by atoms with Crippen LogP contribution in [0.5, 0.6) is 5.75 Å². The average molecular weight is 446 g/mol. The number of carbonyl (C=O) groups excluding carboxylic acids is 2. The number of thioether (sulfide) groups is 1. The molecule has 0 spiro atoms. The molecular formula is C22H31N5O3S. The highest BCUT2D eigenvalue weighted by atomic mass is 32.2. The van der Waals surface area contributed by atoms with Crippen molar-refractivity contribution < 1.29 is 14.3 Å². The standard InChI is InChI=1S/C22H31N5O3S/c1-4-5-12-23-21(29)17-7-6-16(2)26(13-17)20(28)14-31-22-25-24-15-27(22)18-8-10-19(30-3)11-9-18/h8-11,15-17H,4-7,12-14H2,1-3H3,(H,23,29)/t16-,17-/m1/s1. The average Bonchev–Trinajstić information content (AvgIpc) is 3.26. The summed E-state index contributed by atoms with van der Waals surface area (Å²) in [5, 5.41) is 11.8. The number of hydrogen-bond donors (Lipinski definition) is 1. The Balaban J connectivity index is 1.58. The first-order valence-electron chi connectivity index (χ1n) is 10.8. The van der Waals surface area contributed by atoms with Gasteiger partial charge in [-0.25, -0.2) is 0 Å². The molecule has 1 aliphatic heterocycles. The van der Waals surface area contributed by atoms with Crippen LogP contribution in [0.4, 0.5) is 0 Å². The zero-order valence-electron chi connectivity index (χ0n) is 18.4. The predicted molar refractivity (Wildman–Crippen MR) is 120 cm³/mol. The number of likely N-dealkylation sites (tertiary alicyclic amines) is 1. The van der Waals surface area contributed by atoms with Gasteiger partial charge in [0.1, 0.15) is 12.1 Å². The second kappa shape index (κ2) is 11.2. The van der Waals surface area contributed by atoms with Crippen LogP contribution in [-0.2, 0) is 9.59 Å². The fraction of sp³-hybridized carbons (Fsp3) is 0.545. The molecule has 2 amide bonds. The van der Waals surface area contributed by atoms with Gasteiger partial charge in [0.25, 0.3) is 0 Å². The van der Waals surface area contributed by atoms with Crippen molar-refractivity contribution in [2.24, 2.45) is 5.92 Å². The maximum absolute atomic E-state index is 13.0. The summed E-state index contributed by atoms with van der Waals surface area (Å²) in [4.78, 5) is 27.3. The maximum Gasteiger partial charge on any atom is 0.233 e. The second-order valence-corrected chi connectivity index (χ2v) is 8.73. The molecule has 31 heavy (non-hydrogen) atoms. The molecule has 1 aromatic carbocycles. The van der Waals surface area contributed by atoms with E-state index in [4.69, 9.17) is 4.74 Å². The van der Waals surface area contributed by atoms with Crippen molar-refractivity contribution in [3.63, 3.8) is 0 Å². The van der Waals surface area contributed by atoms with Gasteiger partial charge < -0.3 is 15.0 Å². The van der Waals surface area contributed by atoms with E-state index in [1.54, 1.807) is 13.4 Å². The monoisotopic (exact) mass is 445 g/mol. The summed E-state index contributed by atoms with van der Waals surface area (Å²) in [6.45, 7) is 5.32. The molecule has 1 N–H and O–H groups in total. The first kappa shape index (κ1) is 23.1. The van der Waals surface area contributed by atoms with E-state index in [1.165, 1.54) is 11.8 Å². The van der Waals surface area contributed by atoms with Crippen LogP contribution >= 0.6 is 11.8 Å². The number of ether oxygens (including phenoxy) is 1. The third kappa shape index (κ3) is 6.00. The third-order valence-corrected chi connectivity index (χ3v) is 6.52. The van der Waals surface area contributed by atoms with Crippen molar-refractivity contribution in [3.8, 4) is 11.4 Å². The zero-order valence-corrected chi connectivity index (χ0v) is 19.2.